The number of ether oxygens (including phenoxy) is 3. The molecule has 290 valence electrons. The highest BCUT2D eigenvalue weighted by atomic mass is 16.5. The molecule has 0 saturated carbocycles. The molecule has 3 atom stereocenters. The SMILES string of the molecule is CC(C)C[C@H](CC(=O)[C@H](Cc1ccc(OCC(=O)O)cc1)NC(=O)[C@H](CCC(=O)OCc1ccccc1)NC(=O)COc1ccc2ccccc2c1)C(N)=O. The second kappa shape index (κ2) is 20.9. The Labute approximate surface area is 319 Å². The van der Waals surface area contributed by atoms with Crippen molar-refractivity contribution in [1.29, 1.82) is 0 Å². The van der Waals surface area contributed by atoms with Gasteiger partial charge in [-0.05, 0) is 71.3 Å². The minimum atomic E-state index is -1.28. The van der Waals surface area contributed by atoms with Gasteiger partial charge in [0, 0.05) is 18.8 Å². The van der Waals surface area contributed by atoms with Crippen LogP contribution in [0, 0.1) is 11.8 Å². The topological polar surface area (TPSA) is 200 Å². The maximum atomic E-state index is 14.0. The van der Waals surface area contributed by atoms with Crippen LogP contribution >= 0.6 is 0 Å². The Kier molecular flexibility index (Phi) is 15.7. The summed E-state index contributed by atoms with van der Waals surface area (Å²) >= 11 is 0. The molecule has 0 saturated heterocycles. The van der Waals surface area contributed by atoms with Gasteiger partial charge in [0.1, 0.15) is 24.1 Å². The van der Waals surface area contributed by atoms with E-state index < -0.39 is 66.7 Å². The third-order valence-corrected chi connectivity index (χ3v) is 8.66. The molecule has 0 aliphatic heterocycles. The fourth-order valence-electron chi connectivity index (χ4n) is 5.86. The van der Waals surface area contributed by atoms with Gasteiger partial charge in [-0.1, -0.05) is 86.6 Å². The second-order valence-corrected chi connectivity index (χ2v) is 13.6. The zero-order chi connectivity index (χ0) is 39.7. The lowest BCUT2D eigenvalue weighted by atomic mass is 9.88. The summed E-state index contributed by atoms with van der Waals surface area (Å²) in [5, 5.41) is 16.2. The van der Waals surface area contributed by atoms with Crippen LogP contribution < -0.4 is 25.8 Å². The zero-order valence-electron chi connectivity index (χ0n) is 30.9. The van der Waals surface area contributed by atoms with Gasteiger partial charge in [-0.25, -0.2) is 4.79 Å². The number of fused-ring (bicyclic) bond motifs is 1. The highest BCUT2D eigenvalue weighted by Crippen LogP contribution is 2.21. The van der Waals surface area contributed by atoms with E-state index in [9.17, 15) is 28.8 Å². The number of amides is 3. The fraction of sp³-hybridized carbons (Fsp3) is 0.333. The first-order valence-corrected chi connectivity index (χ1v) is 18.0. The number of hydrogen-bond donors (Lipinski definition) is 4. The molecule has 0 unspecified atom stereocenters. The number of Topliss-reactive ketones (excluding diaryl/α,β-unsaturated/α-hetero) is 1. The Bertz CT molecular complexity index is 1930. The van der Waals surface area contributed by atoms with Gasteiger partial charge in [-0.3, -0.25) is 24.0 Å². The monoisotopic (exact) mass is 753 g/mol. The van der Waals surface area contributed by atoms with E-state index >= 15 is 0 Å². The number of carboxylic acid groups (broad SMARTS) is 1. The Hall–Kier alpha value is -6.24. The van der Waals surface area contributed by atoms with Gasteiger partial charge < -0.3 is 35.7 Å². The quantitative estimate of drug-likeness (QED) is 0.0827. The summed E-state index contributed by atoms with van der Waals surface area (Å²) in [5.74, 6) is -4.21. The van der Waals surface area contributed by atoms with E-state index in [2.05, 4.69) is 10.6 Å². The molecule has 0 aliphatic rings. The van der Waals surface area contributed by atoms with Crippen molar-refractivity contribution >= 4 is 46.2 Å². The average molecular weight is 754 g/mol. The number of carboxylic acids is 1. The van der Waals surface area contributed by atoms with Crippen LogP contribution in [0.5, 0.6) is 11.5 Å². The lowest BCUT2D eigenvalue weighted by molar-refractivity contribution is -0.145. The average Bonchev–Trinajstić information content (AvgIpc) is 3.17. The Morgan fingerprint density at radius 2 is 1.38 bits per heavy atom. The van der Waals surface area contributed by atoms with E-state index in [4.69, 9.17) is 25.1 Å². The Balaban J connectivity index is 1.51. The van der Waals surface area contributed by atoms with Crippen LogP contribution in [0.15, 0.2) is 97.1 Å². The van der Waals surface area contributed by atoms with Crippen molar-refractivity contribution in [3.05, 3.63) is 108 Å². The summed E-state index contributed by atoms with van der Waals surface area (Å²) in [6, 6.07) is 26.0. The minimum Gasteiger partial charge on any atom is -0.484 e. The summed E-state index contributed by atoms with van der Waals surface area (Å²) < 4.78 is 16.3. The van der Waals surface area contributed by atoms with Crippen molar-refractivity contribution < 1.29 is 48.1 Å². The number of benzene rings is 4. The molecule has 5 N–H and O–H groups in total. The van der Waals surface area contributed by atoms with Crippen LogP contribution in [0.3, 0.4) is 0 Å². The van der Waals surface area contributed by atoms with Crippen molar-refractivity contribution in [1.82, 2.24) is 10.6 Å². The Morgan fingerprint density at radius 1 is 0.727 bits per heavy atom. The zero-order valence-corrected chi connectivity index (χ0v) is 30.9. The summed E-state index contributed by atoms with van der Waals surface area (Å²) in [6.07, 6.45) is -0.277. The van der Waals surface area contributed by atoms with E-state index in [0.717, 1.165) is 16.3 Å². The number of rotatable bonds is 22. The predicted octanol–water partition coefficient (Wildman–Crippen LogP) is 4.52. The van der Waals surface area contributed by atoms with Gasteiger partial charge in [-0.2, -0.15) is 0 Å². The first-order chi connectivity index (χ1) is 26.4. The molecule has 13 heteroatoms. The normalized spacial score (nSPS) is 12.6. The van der Waals surface area contributed by atoms with Crippen LogP contribution in [0.1, 0.15) is 50.7 Å². The molecular formula is C42H47N3O10. The third-order valence-electron chi connectivity index (χ3n) is 8.66. The number of carbonyl (C=O) groups is 6. The summed E-state index contributed by atoms with van der Waals surface area (Å²) in [6.45, 7) is 2.84. The lowest BCUT2D eigenvalue weighted by Gasteiger charge is -2.24. The first-order valence-electron chi connectivity index (χ1n) is 18.0. The second-order valence-electron chi connectivity index (χ2n) is 13.6. The molecule has 0 fully saturated rings. The predicted molar refractivity (Wildman–Crippen MR) is 204 cm³/mol. The lowest BCUT2D eigenvalue weighted by Crippen LogP contribution is -2.53. The fourth-order valence-corrected chi connectivity index (χ4v) is 5.86. The molecule has 0 radical (unpaired) electrons. The van der Waals surface area contributed by atoms with Crippen molar-refractivity contribution in [2.45, 2.75) is 64.6 Å². The maximum absolute atomic E-state index is 14.0. The van der Waals surface area contributed by atoms with Crippen LogP contribution in [0.25, 0.3) is 10.8 Å². The van der Waals surface area contributed by atoms with E-state index in [1.165, 1.54) is 12.1 Å². The summed E-state index contributed by atoms with van der Waals surface area (Å²) in [4.78, 5) is 77.0. The van der Waals surface area contributed by atoms with Crippen LogP contribution in [-0.2, 0) is 46.5 Å². The Morgan fingerprint density at radius 3 is 2.05 bits per heavy atom. The van der Waals surface area contributed by atoms with E-state index in [-0.39, 0.29) is 44.0 Å². The smallest absolute Gasteiger partial charge is 0.341 e. The maximum Gasteiger partial charge on any atom is 0.341 e. The molecule has 4 aromatic rings. The van der Waals surface area contributed by atoms with Gasteiger partial charge in [0.25, 0.3) is 5.91 Å². The number of nitrogens with two attached hydrogens (primary N) is 1. The molecular weight excluding hydrogens is 706 g/mol. The first kappa shape index (κ1) is 41.5. The van der Waals surface area contributed by atoms with Crippen molar-refractivity contribution in [2.75, 3.05) is 13.2 Å². The minimum absolute atomic E-state index is 0.0121. The van der Waals surface area contributed by atoms with E-state index in [1.807, 2.05) is 62.4 Å². The van der Waals surface area contributed by atoms with Gasteiger partial charge in [0.2, 0.25) is 11.8 Å². The summed E-state index contributed by atoms with van der Waals surface area (Å²) in [5.41, 5.74) is 7.02. The molecule has 3 amide bonds. The van der Waals surface area contributed by atoms with Crippen LogP contribution in [-0.4, -0.2) is 65.8 Å². The van der Waals surface area contributed by atoms with Gasteiger partial charge >= 0.3 is 11.9 Å². The molecule has 0 spiro atoms. The number of carbonyl (C=O) groups excluding carboxylic acids is 5. The molecule has 0 heterocycles. The van der Waals surface area contributed by atoms with Crippen molar-refractivity contribution in [2.24, 2.45) is 17.6 Å². The van der Waals surface area contributed by atoms with Gasteiger partial charge in [0.05, 0.1) is 6.04 Å². The highest BCUT2D eigenvalue weighted by Gasteiger charge is 2.30. The molecule has 4 rings (SSSR count). The molecule has 0 aromatic heterocycles. The van der Waals surface area contributed by atoms with E-state index in [0.29, 0.717) is 17.7 Å². The number of esters is 1. The van der Waals surface area contributed by atoms with E-state index in [1.54, 1.807) is 36.4 Å². The van der Waals surface area contributed by atoms with Crippen molar-refractivity contribution in [3.63, 3.8) is 0 Å². The molecule has 0 aliphatic carbocycles. The summed E-state index contributed by atoms with van der Waals surface area (Å²) in [7, 11) is 0. The van der Waals surface area contributed by atoms with Gasteiger partial charge in [0.15, 0.2) is 19.0 Å². The third kappa shape index (κ3) is 14.3. The van der Waals surface area contributed by atoms with Crippen molar-refractivity contribution in [3.8, 4) is 11.5 Å². The molecule has 4 aromatic carbocycles. The number of nitrogens with one attached hydrogen (secondary N) is 2. The molecule has 55 heavy (non-hydrogen) atoms. The highest BCUT2D eigenvalue weighted by molar-refractivity contribution is 5.95. The largest absolute Gasteiger partial charge is 0.484 e. The number of primary amides is 1. The number of aliphatic carboxylic acids is 1. The molecule has 13 nitrogen and oxygen atoms in total. The number of ketones is 1. The van der Waals surface area contributed by atoms with Gasteiger partial charge in [-0.15, -0.1) is 0 Å². The van der Waals surface area contributed by atoms with Crippen LogP contribution in [0.2, 0.25) is 0 Å². The van der Waals surface area contributed by atoms with Crippen LogP contribution in [0.4, 0.5) is 0 Å². The molecule has 0 bridgehead atoms. The number of hydrogen-bond acceptors (Lipinski definition) is 9. The standard InChI is InChI=1S/C42H47N3O10/c1-27(2)20-32(41(43)51)23-37(46)36(21-28-12-15-33(16-13-28)54-26-39(48)49)45-42(52)35(18-19-40(50)55-24-29-8-4-3-5-9-29)44-38(47)25-53-34-17-14-30-10-6-7-11-31(30)22-34/h3-17,22,27,32,35-36H,18-21,23-26H2,1-2H3,(H2,43,51)(H,44,47)(H,45,52)(H,48,49)/t32-,35+,36+/m1/s1.